The van der Waals surface area contributed by atoms with E-state index in [1.54, 1.807) is 57.5 Å². The molecule has 4 aromatic rings. The first kappa shape index (κ1) is 29.5. The maximum Gasteiger partial charge on any atom is 0.258 e. The first-order valence-electron chi connectivity index (χ1n) is 12.6. The minimum Gasteiger partial charge on any atom is -0.473 e. The molecule has 208 valence electrons. The van der Waals surface area contributed by atoms with Crippen LogP contribution in [0.4, 0.5) is 5.69 Å². The summed E-state index contributed by atoms with van der Waals surface area (Å²) in [5.74, 6) is 0.884. The van der Waals surface area contributed by atoms with Crippen molar-refractivity contribution in [2.45, 2.75) is 33.3 Å². The molecule has 0 aliphatic carbocycles. The molecule has 10 heteroatoms. The van der Waals surface area contributed by atoms with Gasteiger partial charge in [0.2, 0.25) is 5.88 Å². The summed E-state index contributed by atoms with van der Waals surface area (Å²) in [5.41, 5.74) is 4.52. The van der Waals surface area contributed by atoms with E-state index in [9.17, 15) is 9.59 Å². The Morgan fingerprint density at radius 2 is 1.65 bits per heavy atom. The zero-order valence-electron chi connectivity index (χ0n) is 23.2. The number of aromatic nitrogens is 2. The number of hydrogen-bond acceptors (Lipinski definition) is 6. The first-order valence-corrected chi connectivity index (χ1v) is 14.1. The summed E-state index contributed by atoms with van der Waals surface area (Å²) in [6, 6.07) is 15.8. The summed E-state index contributed by atoms with van der Waals surface area (Å²) in [7, 11) is 5.06. The third-order valence-corrected chi connectivity index (χ3v) is 7.60. The van der Waals surface area contributed by atoms with E-state index in [1.807, 2.05) is 39.0 Å². The van der Waals surface area contributed by atoms with Gasteiger partial charge in [0.25, 0.3) is 11.8 Å². The number of ether oxygens (including phenoxy) is 1. The van der Waals surface area contributed by atoms with Gasteiger partial charge < -0.3 is 19.1 Å². The molecule has 40 heavy (non-hydrogen) atoms. The van der Waals surface area contributed by atoms with Gasteiger partial charge in [0.15, 0.2) is 0 Å². The smallest absolute Gasteiger partial charge is 0.258 e. The number of aryl methyl sites for hydroxylation is 1. The van der Waals surface area contributed by atoms with Gasteiger partial charge in [0.05, 0.1) is 22.0 Å². The summed E-state index contributed by atoms with van der Waals surface area (Å²) < 4.78 is 12.8. The van der Waals surface area contributed by atoms with Crippen LogP contribution < -0.4 is 9.64 Å². The number of halogens is 2. The fourth-order valence-electron chi connectivity index (χ4n) is 4.26. The van der Waals surface area contributed by atoms with Crippen molar-refractivity contribution in [2.24, 2.45) is 0 Å². The van der Waals surface area contributed by atoms with Gasteiger partial charge in [-0.15, -0.1) is 0 Å². The number of benzene rings is 2. The Labute approximate surface area is 252 Å². The van der Waals surface area contributed by atoms with Crippen molar-refractivity contribution in [3.63, 3.8) is 0 Å². The number of carbonyl (C=O) groups excluding carboxylic acids is 2. The second-order valence-corrected chi connectivity index (χ2v) is 11.4. The second-order valence-electron chi connectivity index (χ2n) is 9.81. The van der Waals surface area contributed by atoms with Gasteiger partial charge in [-0.2, -0.15) is 0 Å². The highest BCUT2D eigenvalue weighted by molar-refractivity contribution is 14.1. The SMILES string of the molecule is Cc1nc(OCc2c(-c3c(Cl)cccc3I)noc2C(C)C)ccc1N(C)C(=O)c1ccc(C(=O)N(C)C)cc1. The van der Waals surface area contributed by atoms with Crippen LogP contribution in [0.3, 0.4) is 0 Å². The quantitative estimate of drug-likeness (QED) is 0.188. The molecular formula is C30H30ClIN4O4. The lowest BCUT2D eigenvalue weighted by Gasteiger charge is -2.20. The van der Waals surface area contributed by atoms with Crippen LogP contribution in [0.2, 0.25) is 5.02 Å². The maximum absolute atomic E-state index is 13.1. The number of amides is 2. The average Bonchev–Trinajstić information content (AvgIpc) is 3.34. The Morgan fingerprint density at radius 1 is 1.00 bits per heavy atom. The second kappa shape index (κ2) is 12.4. The van der Waals surface area contributed by atoms with Crippen molar-refractivity contribution in [3.05, 3.63) is 91.3 Å². The minimum atomic E-state index is -0.215. The molecule has 0 atom stereocenters. The number of rotatable bonds is 8. The third kappa shape index (κ3) is 6.15. The molecule has 0 unspecified atom stereocenters. The molecule has 2 aromatic carbocycles. The summed E-state index contributed by atoms with van der Waals surface area (Å²) >= 11 is 8.76. The monoisotopic (exact) mass is 672 g/mol. The van der Waals surface area contributed by atoms with Crippen molar-refractivity contribution in [1.82, 2.24) is 15.0 Å². The molecule has 0 fully saturated rings. The van der Waals surface area contributed by atoms with E-state index in [4.69, 9.17) is 20.9 Å². The summed E-state index contributed by atoms with van der Waals surface area (Å²) in [5, 5.41) is 4.92. The summed E-state index contributed by atoms with van der Waals surface area (Å²) in [4.78, 5) is 32.9. The number of hydrogen-bond donors (Lipinski definition) is 0. The van der Waals surface area contributed by atoms with E-state index in [1.165, 1.54) is 9.80 Å². The molecule has 0 spiro atoms. The lowest BCUT2D eigenvalue weighted by molar-refractivity contribution is 0.0827. The van der Waals surface area contributed by atoms with Crippen LogP contribution in [-0.4, -0.2) is 48.0 Å². The summed E-state index contributed by atoms with van der Waals surface area (Å²) in [6.07, 6.45) is 0. The highest BCUT2D eigenvalue weighted by Gasteiger charge is 2.24. The molecule has 0 N–H and O–H groups in total. The van der Waals surface area contributed by atoms with E-state index in [-0.39, 0.29) is 24.3 Å². The van der Waals surface area contributed by atoms with E-state index in [2.05, 4.69) is 32.7 Å². The highest BCUT2D eigenvalue weighted by atomic mass is 127. The largest absolute Gasteiger partial charge is 0.473 e. The maximum atomic E-state index is 13.1. The molecule has 2 aromatic heterocycles. The normalized spacial score (nSPS) is 11.0. The van der Waals surface area contributed by atoms with Crippen LogP contribution in [0.1, 0.15) is 57.5 Å². The molecule has 2 heterocycles. The zero-order chi connectivity index (χ0) is 29.1. The van der Waals surface area contributed by atoms with E-state index >= 15 is 0 Å². The summed E-state index contributed by atoms with van der Waals surface area (Å²) in [6.45, 7) is 6.07. The van der Waals surface area contributed by atoms with Crippen LogP contribution in [0, 0.1) is 10.5 Å². The Bertz CT molecular complexity index is 1530. The molecule has 0 aliphatic rings. The number of nitrogens with zero attached hydrogens (tertiary/aromatic N) is 4. The molecule has 0 saturated heterocycles. The van der Waals surface area contributed by atoms with Gasteiger partial charge in [-0.1, -0.05) is 36.7 Å². The Morgan fingerprint density at radius 3 is 2.23 bits per heavy atom. The molecule has 8 nitrogen and oxygen atoms in total. The van der Waals surface area contributed by atoms with Gasteiger partial charge >= 0.3 is 0 Å². The standard InChI is InChI=1S/C30H30ClIN4O4/c1-17(2)28-21(27(34-40-28)26-22(31)8-7-9-23(26)32)16-39-25-15-14-24(18(3)33-25)36(6)30(38)20-12-10-19(11-13-20)29(37)35(4)5/h7-15,17H,16H2,1-6H3. The fourth-order valence-corrected chi connectivity index (χ4v) is 5.44. The molecule has 0 bridgehead atoms. The Balaban J connectivity index is 1.53. The lowest BCUT2D eigenvalue weighted by atomic mass is 10.0. The lowest BCUT2D eigenvalue weighted by Crippen LogP contribution is -2.27. The Kier molecular flexibility index (Phi) is 9.15. The van der Waals surface area contributed by atoms with Crippen molar-refractivity contribution >= 4 is 51.7 Å². The van der Waals surface area contributed by atoms with Crippen LogP contribution in [0.5, 0.6) is 5.88 Å². The van der Waals surface area contributed by atoms with Gasteiger partial charge in [0.1, 0.15) is 18.1 Å². The van der Waals surface area contributed by atoms with E-state index < -0.39 is 0 Å². The van der Waals surface area contributed by atoms with Gasteiger partial charge in [-0.25, -0.2) is 4.98 Å². The molecule has 2 amide bonds. The van der Waals surface area contributed by atoms with Crippen LogP contribution >= 0.6 is 34.2 Å². The van der Waals surface area contributed by atoms with Crippen molar-refractivity contribution in [1.29, 1.82) is 0 Å². The van der Waals surface area contributed by atoms with Crippen molar-refractivity contribution in [3.8, 4) is 17.1 Å². The van der Waals surface area contributed by atoms with Crippen LogP contribution in [0.25, 0.3) is 11.3 Å². The van der Waals surface area contributed by atoms with Crippen LogP contribution in [0.15, 0.2) is 59.1 Å². The van der Waals surface area contributed by atoms with Crippen molar-refractivity contribution in [2.75, 3.05) is 26.0 Å². The van der Waals surface area contributed by atoms with E-state index in [0.29, 0.717) is 39.1 Å². The molecule has 0 aliphatic heterocycles. The molecular weight excluding hydrogens is 643 g/mol. The number of anilines is 1. The molecule has 4 rings (SSSR count). The predicted molar refractivity (Wildman–Crippen MR) is 164 cm³/mol. The van der Waals surface area contributed by atoms with Gasteiger partial charge in [-0.3, -0.25) is 9.59 Å². The number of pyridine rings is 1. The van der Waals surface area contributed by atoms with E-state index in [0.717, 1.165) is 20.5 Å². The van der Waals surface area contributed by atoms with Crippen LogP contribution in [-0.2, 0) is 6.61 Å². The highest BCUT2D eigenvalue weighted by Crippen LogP contribution is 2.37. The number of carbonyl (C=O) groups is 2. The third-order valence-electron chi connectivity index (χ3n) is 6.39. The Hall–Kier alpha value is -3.44. The van der Waals surface area contributed by atoms with Gasteiger partial charge in [0, 0.05) is 53.4 Å². The topological polar surface area (TPSA) is 88.8 Å². The average molecular weight is 673 g/mol. The van der Waals surface area contributed by atoms with Crippen molar-refractivity contribution < 1.29 is 18.8 Å². The fraction of sp³-hybridized carbons (Fsp3) is 0.267. The first-order chi connectivity index (χ1) is 19.0. The predicted octanol–water partition coefficient (Wildman–Crippen LogP) is 6.98. The zero-order valence-corrected chi connectivity index (χ0v) is 26.1. The minimum absolute atomic E-state index is 0.0896. The molecule has 0 saturated carbocycles. The molecule has 0 radical (unpaired) electrons. The van der Waals surface area contributed by atoms with Gasteiger partial charge in [-0.05, 0) is 72.0 Å².